The van der Waals surface area contributed by atoms with E-state index in [1.165, 1.54) is 6.92 Å². The van der Waals surface area contributed by atoms with Gasteiger partial charge in [-0.1, -0.05) is 0 Å². The largest absolute Gasteiger partial charge is 0.494 e. The standard InChI is InChI=1S/C13H18N2O4/c1-3-19-11-6-4-10(5-7-11)15-13(18)12(17)14-8-9(2)16/h4-7,9,16H,3,8H2,1-2H3,(H,14,17)(H,15,18)/t9-/m1/s1. The summed E-state index contributed by atoms with van der Waals surface area (Å²) in [6.45, 7) is 4.00. The van der Waals surface area contributed by atoms with Crippen LogP contribution >= 0.6 is 0 Å². The van der Waals surface area contributed by atoms with Crippen molar-refractivity contribution in [2.75, 3.05) is 18.5 Å². The first-order valence-corrected chi connectivity index (χ1v) is 6.03. The molecule has 0 aliphatic rings. The summed E-state index contributed by atoms with van der Waals surface area (Å²) < 4.78 is 5.26. The van der Waals surface area contributed by atoms with E-state index in [1.54, 1.807) is 24.3 Å². The fraction of sp³-hybridized carbons (Fsp3) is 0.385. The Morgan fingerprint density at radius 2 is 1.89 bits per heavy atom. The summed E-state index contributed by atoms with van der Waals surface area (Å²) >= 11 is 0. The van der Waals surface area contributed by atoms with Gasteiger partial charge < -0.3 is 20.5 Å². The second-order valence-electron chi connectivity index (χ2n) is 3.97. The summed E-state index contributed by atoms with van der Waals surface area (Å²) in [5.41, 5.74) is 0.501. The van der Waals surface area contributed by atoms with E-state index in [0.717, 1.165) is 0 Å². The Kier molecular flexibility index (Phi) is 5.81. The van der Waals surface area contributed by atoms with E-state index >= 15 is 0 Å². The molecule has 6 nitrogen and oxygen atoms in total. The van der Waals surface area contributed by atoms with Crippen LogP contribution in [0.3, 0.4) is 0 Å². The van der Waals surface area contributed by atoms with Crippen molar-refractivity contribution < 1.29 is 19.4 Å². The monoisotopic (exact) mass is 266 g/mol. The molecule has 1 rings (SSSR count). The van der Waals surface area contributed by atoms with Crippen LogP contribution in [0.5, 0.6) is 5.75 Å². The maximum absolute atomic E-state index is 11.5. The number of aliphatic hydroxyl groups is 1. The number of benzene rings is 1. The van der Waals surface area contributed by atoms with Gasteiger partial charge in [-0.25, -0.2) is 0 Å². The Balaban J connectivity index is 2.49. The highest BCUT2D eigenvalue weighted by Gasteiger charge is 2.13. The van der Waals surface area contributed by atoms with E-state index in [-0.39, 0.29) is 6.54 Å². The number of carbonyl (C=O) groups excluding carboxylic acids is 2. The molecular weight excluding hydrogens is 248 g/mol. The van der Waals surface area contributed by atoms with Crippen molar-refractivity contribution in [1.29, 1.82) is 0 Å². The first-order chi connectivity index (χ1) is 9.02. The van der Waals surface area contributed by atoms with Crippen LogP contribution in [0, 0.1) is 0 Å². The third kappa shape index (κ3) is 5.39. The van der Waals surface area contributed by atoms with Gasteiger partial charge >= 0.3 is 11.8 Å². The number of anilines is 1. The summed E-state index contributed by atoms with van der Waals surface area (Å²) in [5.74, 6) is -0.862. The van der Waals surface area contributed by atoms with Crippen molar-refractivity contribution in [3.63, 3.8) is 0 Å². The van der Waals surface area contributed by atoms with Crippen LogP contribution in [0.15, 0.2) is 24.3 Å². The van der Waals surface area contributed by atoms with Crippen LogP contribution in [-0.2, 0) is 9.59 Å². The number of aliphatic hydroxyl groups excluding tert-OH is 1. The first-order valence-electron chi connectivity index (χ1n) is 6.03. The second kappa shape index (κ2) is 7.38. The third-order valence-corrected chi connectivity index (χ3v) is 2.19. The minimum Gasteiger partial charge on any atom is -0.494 e. The van der Waals surface area contributed by atoms with Gasteiger partial charge in [0, 0.05) is 12.2 Å². The van der Waals surface area contributed by atoms with Gasteiger partial charge in [-0.2, -0.15) is 0 Å². The summed E-state index contributed by atoms with van der Waals surface area (Å²) in [6, 6.07) is 6.69. The number of nitrogens with one attached hydrogen (secondary N) is 2. The van der Waals surface area contributed by atoms with E-state index in [1.807, 2.05) is 6.92 Å². The van der Waals surface area contributed by atoms with E-state index in [9.17, 15) is 9.59 Å². The molecule has 0 aliphatic heterocycles. The molecule has 2 amide bonds. The topological polar surface area (TPSA) is 87.7 Å². The van der Waals surface area contributed by atoms with Crippen molar-refractivity contribution in [3.8, 4) is 5.75 Å². The van der Waals surface area contributed by atoms with Gasteiger partial charge in [0.05, 0.1) is 12.7 Å². The molecule has 3 N–H and O–H groups in total. The molecule has 19 heavy (non-hydrogen) atoms. The maximum Gasteiger partial charge on any atom is 0.313 e. The van der Waals surface area contributed by atoms with Gasteiger partial charge in [0.15, 0.2) is 0 Å². The van der Waals surface area contributed by atoms with E-state index in [2.05, 4.69) is 10.6 Å². The lowest BCUT2D eigenvalue weighted by molar-refractivity contribution is -0.136. The molecular formula is C13H18N2O4. The molecule has 104 valence electrons. The van der Waals surface area contributed by atoms with E-state index in [4.69, 9.17) is 9.84 Å². The highest BCUT2D eigenvalue weighted by Crippen LogP contribution is 2.15. The van der Waals surface area contributed by atoms with Gasteiger partial charge in [-0.3, -0.25) is 9.59 Å². The van der Waals surface area contributed by atoms with Gasteiger partial charge in [-0.05, 0) is 38.1 Å². The van der Waals surface area contributed by atoms with Gasteiger partial charge in [0.25, 0.3) is 0 Å². The molecule has 0 heterocycles. The minimum absolute atomic E-state index is 0.0372. The zero-order valence-electron chi connectivity index (χ0n) is 11.0. The molecule has 0 saturated carbocycles. The van der Waals surface area contributed by atoms with Crippen molar-refractivity contribution >= 4 is 17.5 Å². The zero-order valence-corrected chi connectivity index (χ0v) is 11.0. The van der Waals surface area contributed by atoms with Crippen molar-refractivity contribution in [2.45, 2.75) is 20.0 Å². The lowest BCUT2D eigenvalue weighted by Crippen LogP contribution is -2.38. The molecule has 0 bridgehead atoms. The first kappa shape index (κ1) is 15.0. The fourth-order valence-electron chi connectivity index (χ4n) is 1.31. The Morgan fingerprint density at radius 3 is 2.42 bits per heavy atom. The van der Waals surface area contributed by atoms with Crippen molar-refractivity contribution in [3.05, 3.63) is 24.3 Å². The smallest absolute Gasteiger partial charge is 0.313 e. The average Bonchev–Trinajstić information content (AvgIpc) is 2.38. The number of hydrogen-bond acceptors (Lipinski definition) is 4. The Hall–Kier alpha value is -2.08. The fourth-order valence-corrected chi connectivity index (χ4v) is 1.31. The number of ether oxygens (including phenoxy) is 1. The molecule has 0 radical (unpaired) electrons. The predicted octanol–water partition coefficient (Wildman–Crippen LogP) is 0.521. The van der Waals surface area contributed by atoms with Crippen LogP contribution in [0.1, 0.15) is 13.8 Å². The van der Waals surface area contributed by atoms with Gasteiger partial charge in [-0.15, -0.1) is 0 Å². The Bertz CT molecular complexity index is 429. The van der Waals surface area contributed by atoms with Gasteiger partial charge in [0.2, 0.25) is 0 Å². The Labute approximate surface area is 111 Å². The van der Waals surface area contributed by atoms with Crippen molar-refractivity contribution in [1.82, 2.24) is 5.32 Å². The minimum atomic E-state index is -0.783. The molecule has 6 heteroatoms. The number of amides is 2. The number of hydrogen-bond donors (Lipinski definition) is 3. The normalized spacial score (nSPS) is 11.5. The van der Waals surface area contributed by atoms with Crippen LogP contribution in [-0.4, -0.2) is 36.2 Å². The zero-order chi connectivity index (χ0) is 14.3. The number of carbonyl (C=O) groups is 2. The lowest BCUT2D eigenvalue weighted by atomic mass is 10.3. The molecule has 1 aromatic carbocycles. The van der Waals surface area contributed by atoms with Gasteiger partial charge in [0.1, 0.15) is 5.75 Å². The summed E-state index contributed by atoms with van der Waals surface area (Å²) in [4.78, 5) is 22.9. The third-order valence-electron chi connectivity index (χ3n) is 2.19. The summed E-state index contributed by atoms with van der Waals surface area (Å²) in [5, 5.41) is 13.7. The molecule has 0 spiro atoms. The van der Waals surface area contributed by atoms with Crippen LogP contribution in [0.4, 0.5) is 5.69 Å². The molecule has 0 aromatic heterocycles. The maximum atomic E-state index is 11.5. The molecule has 0 aliphatic carbocycles. The predicted molar refractivity (Wildman–Crippen MR) is 70.9 cm³/mol. The average molecular weight is 266 g/mol. The van der Waals surface area contributed by atoms with E-state index < -0.39 is 17.9 Å². The molecule has 0 unspecified atom stereocenters. The van der Waals surface area contributed by atoms with Crippen molar-refractivity contribution in [2.24, 2.45) is 0 Å². The highest BCUT2D eigenvalue weighted by atomic mass is 16.5. The lowest BCUT2D eigenvalue weighted by Gasteiger charge is -2.08. The SMILES string of the molecule is CCOc1ccc(NC(=O)C(=O)NC[C@@H](C)O)cc1. The highest BCUT2D eigenvalue weighted by molar-refractivity contribution is 6.39. The van der Waals surface area contributed by atoms with Crippen LogP contribution < -0.4 is 15.4 Å². The molecule has 0 saturated heterocycles. The quantitative estimate of drug-likeness (QED) is 0.678. The van der Waals surface area contributed by atoms with Crippen LogP contribution in [0.2, 0.25) is 0 Å². The Morgan fingerprint density at radius 1 is 1.26 bits per heavy atom. The molecule has 1 aromatic rings. The molecule has 0 fully saturated rings. The number of rotatable bonds is 5. The summed E-state index contributed by atoms with van der Waals surface area (Å²) in [6.07, 6.45) is -0.692. The molecule has 1 atom stereocenters. The second-order valence-corrected chi connectivity index (χ2v) is 3.97. The van der Waals surface area contributed by atoms with E-state index in [0.29, 0.717) is 18.0 Å². The van der Waals surface area contributed by atoms with Crippen LogP contribution in [0.25, 0.3) is 0 Å². The summed E-state index contributed by atoms with van der Waals surface area (Å²) in [7, 11) is 0.